The maximum atomic E-state index is 14.2. The lowest BCUT2D eigenvalue weighted by molar-refractivity contribution is -0.128. The van der Waals surface area contributed by atoms with Gasteiger partial charge in [-0.3, -0.25) is 9.78 Å². The van der Waals surface area contributed by atoms with Crippen LogP contribution < -0.4 is 5.32 Å². The lowest BCUT2D eigenvalue weighted by Crippen LogP contribution is -2.57. The summed E-state index contributed by atoms with van der Waals surface area (Å²) in [6.45, 7) is 8.79. The molecule has 3 N–H and O–H groups in total. The molecule has 0 spiro atoms. The number of nitrogens with zero attached hydrogens (tertiary/aromatic N) is 5. The minimum absolute atomic E-state index is 0.0276. The van der Waals surface area contributed by atoms with Crippen LogP contribution in [0.1, 0.15) is 50.8 Å². The van der Waals surface area contributed by atoms with Crippen LogP contribution in [0.4, 0.5) is 4.79 Å². The molecule has 264 valence electrons. The number of urea groups is 1. The van der Waals surface area contributed by atoms with Crippen molar-refractivity contribution in [2.24, 2.45) is 17.0 Å². The Bertz CT molecular complexity index is 1640. The van der Waals surface area contributed by atoms with Gasteiger partial charge in [-0.15, -0.1) is 0 Å². The smallest absolute Gasteiger partial charge is 0.321 e. The van der Waals surface area contributed by atoms with E-state index in [1.54, 1.807) is 22.2 Å². The van der Waals surface area contributed by atoms with Gasteiger partial charge < -0.3 is 25.4 Å². The summed E-state index contributed by atoms with van der Waals surface area (Å²) >= 11 is 0. The van der Waals surface area contributed by atoms with Crippen LogP contribution in [-0.2, 0) is 27.8 Å². The molecule has 1 saturated heterocycles. The first kappa shape index (κ1) is 37.5. The third-order valence-corrected chi connectivity index (χ3v) is 10.7. The largest absolute Gasteiger partial charge is 0.411 e. The molecule has 1 aliphatic heterocycles. The van der Waals surface area contributed by atoms with Crippen LogP contribution in [0, 0.1) is 11.8 Å². The van der Waals surface area contributed by atoms with Gasteiger partial charge in [-0.2, -0.15) is 4.31 Å². The third-order valence-electron chi connectivity index (χ3n) is 8.81. The van der Waals surface area contributed by atoms with E-state index in [4.69, 9.17) is 5.21 Å². The van der Waals surface area contributed by atoms with Crippen LogP contribution in [0.5, 0.6) is 0 Å². The molecule has 13 heteroatoms. The van der Waals surface area contributed by atoms with Crippen LogP contribution >= 0.6 is 0 Å². The summed E-state index contributed by atoms with van der Waals surface area (Å²) in [5, 5.41) is 26.6. The van der Waals surface area contributed by atoms with Gasteiger partial charge in [-0.05, 0) is 59.2 Å². The van der Waals surface area contributed by atoms with Gasteiger partial charge in [0.1, 0.15) is 6.04 Å². The first-order valence-electron chi connectivity index (χ1n) is 16.7. The van der Waals surface area contributed by atoms with E-state index in [2.05, 4.69) is 15.5 Å². The highest BCUT2D eigenvalue weighted by molar-refractivity contribution is 7.89. The highest BCUT2D eigenvalue weighted by Crippen LogP contribution is 2.24. The molecular formula is C36H48N6O6S. The summed E-state index contributed by atoms with van der Waals surface area (Å²) in [7, 11) is -4.05. The number of rotatable bonds is 17. The molecule has 1 aliphatic rings. The van der Waals surface area contributed by atoms with Crippen LogP contribution in [0.25, 0.3) is 0 Å². The standard InChI is InChI=1S/C36H48N6O6S/c1-5-27(4)34(42-20-19-40(36(42)45)24-30-15-17-37-18-16-30)35(44)39-32(21-28-9-7-6-8-10-28)33(43)25-41(23-26(2)3)49(47,48)31-13-11-29(12-14-31)22-38-46/h6-18,22,26-27,32-34,43,46H,5,19-21,23-25H2,1-4H3,(H,39,44)/b38-22+/t27?,32-,33+,34?/m0/s1. The van der Waals surface area contributed by atoms with Gasteiger partial charge in [-0.1, -0.05) is 81.7 Å². The van der Waals surface area contributed by atoms with Gasteiger partial charge in [0.25, 0.3) is 0 Å². The Morgan fingerprint density at radius 1 is 1.00 bits per heavy atom. The second kappa shape index (κ2) is 17.4. The number of hydrogen-bond acceptors (Lipinski definition) is 8. The number of aliphatic hydroxyl groups excluding tert-OH is 1. The summed E-state index contributed by atoms with van der Waals surface area (Å²) < 4.78 is 29.0. The first-order chi connectivity index (χ1) is 23.4. The fourth-order valence-electron chi connectivity index (χ4n) is 6.02. The van der Waals surface area contributed by atoms with Crippen molar-refractivity contribution in [3.05, 3.63) is 95.8 Å². The quantitative estimate of drug-likeness (QED) is 0.110. The zero-order chi connectivity index (χ0) is 35.6. The summed E-state index contributed by atoms with van der Waals surface area (Å²) in [4.78, 5) is 35.3. The molecular weight excluding hydrogens is 644 g/mol. The fourth-order valence-corrected chi connectivity index (χ4v) is 7.64. The van der Waals surface area contributed by atoms with E-state index in [1.165, 1.54) is 34.8 Å². The van der Waals surface area contributed by atoms with E-state index in [1.807, 2.05) is 70.2 Å². The van der Waals surface area contributed by atoms with Crippen molar-refractivity contribution in [2.45, 2.75) is 70.2 Å². The second-order valence-electron chi connectivity index (χ2n) is 13.0. The van der Waals surface area contributed by atoms with Crippen molar-refractivity contribution < 1.29 is 28.3 Å². The summed E-state index contributed by atoms with van der Waals surface area (Å²) in [6.07, 6.45) is 4.16. The van der Waals surface area contributed by atoms with Gasteiger partial charge in [-0.25, -0.2) is 13.2 Å². The van der Waals surface area contributed by atoms with E-state index >= 15 is 0 Å². The fraction of sp³-hybridized carbons (Fsp3) is 0.444. The maximum absolute atomic E-state index is 14.2. The molecule has 4 atom stereocenters. The van der Waals surface area contributed by atoms with Crippen molar-refractivity contribution in [3.8, 4) is 0 Å². The van der Waals surface area contributed by atoms with Crippen molar-refractivity contribution >= 4 is 28.2 Å². The molecule has 49 heavy (non-hydrogen) atoms. The van der Waals surface area contributed by atoms with Crippen molar-refractivity contribution in [1.29, 1.82) is 0 Å². The highest BCUT2D eigenvalue weighted by atomic mass is 32.2. The number of amides is 3. The number of benzene rings is 2. The summed E-state index contributed by atoms with van der Waals surface area (Å²) in [5.41, 5.74) is 2.32. The molecule has 2 unspecified atom stereocenters. The van der Waals surface area contributed by atoms with Crippen molar-refractivity contribution in [3.63, 3.8) is 0 Å². The molecule has 3 aromatic rings. The Morgan fingerprint density at radius 3 is 2.29 bits per heavy atom. The van der Waals surface area contributed by atoms with E-state index in [-0.39, 0.29) is 42.3 Å². The zero-order valence-electron chi connectivity index (χ0n) is 28.6. The molecule has 0 radical (unpaired) electrons. The van der Waals surface area contributed by atoms with Gasteiger partial charge in [0.15, 0.2) is 0 Å². The van der Waals surface area contributed by atoms with Crippen LogP contribution in [0.2, 0.25) is 0 Å². The SMILES string of the molecule is CCC(C)C(C(=O)N[C@@H](Cc1ccccc1)[C@H](O)CN(CC(C)C)S(=O)(=O)c1ccc(/C=N/O)cc1)N1CCN(Cc2ccncc2)C1=O. The predicted molar refractivity (Wildman–Crippen MR) is 187 cm³/mol. The molecule has 12 nitrogen and oxygen atoms in total. The van der Waals surface area contributed by atoms with Crippen LogP contribution in [0.15, 0.2) is 89.2 Å². The molecule has 2 heterocycles. The first-order valence-corrected chi connectivity index (χ1v) is 18.1. The molecule has 0 bridgehead atoms. The molecule has 1 fully saturated rings. The summed E-state index contributed by atoms with van der Waals surface area (Å²) in [6, 6.07) is 17.1. The molecule has 0 aliphatic carbocycles. The zero-order valence-corrected chi connectivity index (χ0v) is 29.4. The number of carbonyl (C=O) groups is 2. The van der Waals surface area contributed by atoms with Crippen molar-refractivity contribution in [2.75, 3.05) is 26.2 Å². The van der Waals surface area contributed by atoms with E-state index in [9.17, 15) is 23.1 Å². The van der Waals surface area contributed by atoms with E-state index in [0.717, 1.165) is 11.1 Å². The Balaban J connectivity index is 1.59. The highest BCUT2D eigenvalue weighted by Gasteiger charge is 2.41. The van der Waals surface area contributed by atoms with E-state index in [0.29, 0.717) is 31.6 Å². The van der Waals surface area contributed by atoms with Gasteiger partial charge in [0, 0.05) is 45.1 Å². The number of pyridine rings is 1. The van der Waals surface area contributed by atoms with Gasteiger partial charge in [0.2, 0.25) is 15.9 Å². The molecule has 1 aromatic heterocycles. The molecule has 2 aromatic carbocycles. The average Bonchev–Trinajstić information content (AvgIpc) is 3.43. The molecule has 0 saturated carbocycles. The normalized spacial score (nSPS) is 16.3. The number of nitrogens with one attached hydrogen (secondary N) is 1. The Kier molecular flexibility index (Phi) is 13.3. The number of sulfonamides is 1. The number of aliphatic hydroxyl groups is 1. The number of oxime groups is 1. The van der Waals surface area contributed by atoms with Gasteiger partial charge >= 0.3 is 6.03 Å². The average molecular weight is 693 g/mol. The monoisotopic (exact) mass is 692 g/mol. The van der Waals surface area contributed by atoms with Gasteiger partial charge in [0.05, 0.1) is 23.3 Å². The Morgan fingerprint density at radius 2 is 1.67 bits per heavy atom. The second-order valence-corrected chi connectivity index (χ2v) is 14.9. The number of hydrogen-bond donors (Lipinski definition) is 3. The minimum Gasteiger partial charge on any atom is -0.411 e. The Hall–Kier alpha value is -4.33. The number of carbonyl (C=O) groups excluding carboxylic acids is 2. The topological polar surface area (TPSA) is 156 Å². The van der Waals surface area contributed by atoms with Crippen LogP contribution in [0.3, 0.4) is 0 Å². The predicted octanol–water partition coefficient (Wildman–Crippen LogP) is 3.98. The van der Waals surface area contributed by atoms with E-state index < -0.39 is 34.1 Å². The third kappa shape index (κ3) is 9.87. The maximum Gasteiger partial charge on any atom is 0.321 e. The molecule has 3 amide bonds. The molecule has 4 rings (SSSR count). The number of aromatic nitrogens is 1. The minimum atomic E-state index is -4.05. The lowest BCUT2D eigenvalue weighted by Gasteiger charge is -2.35. The lowest BCUT2D eigenvalue weighted by atomic mass is 9.95. The van der Waals surface area contributed by atoms with Crippen molar-refractivity contribution in [1.82, 2.24) is 24.4 Å². The Labute approximate surface area is 289 Å². The summed E-state index contributed by atoms with van der Waals surface area (Å²) in [5.74, 6) is -0.639. The van der Waals surface area contributed by atoms with Crippen LogP contribution in [-0.4, -0.2) is 100 Å².